The van der Waals surface area contributed by atoms with Gasteiger partial charge in [0, 0.05) is 22.7 Å². The lowest BCUT2D eigenvalue weighted by Gasteiger charge is -2.29. The second-order valence-electron chi connectivity index (χ2n) is 8.43. The van der Waals surface area contributed by atoms with E-state index >= 15 is 0 Å². The number of ether oxygens (including phenoxy) is 3. The number of phenols is 1. The molecule has 1 heterocycles. The Balaban J connectivity index is 1.62. The topological polar surface area (TPSA) is 75.2 Å². The van der Waals surface area contributed by atoms with Gasteiger partial charge < -0.3 is 24.6 Å². The van der Waals surface area contributed by atoms with Gasteiger partial charge in [0.25, 0.3) is 0 Å². The van der Waals surface area contributed by atoms with Crippen molar-refractivity contribution in [2.24, 2.45) is 0 Å². The minimum absolute atomic E-state index is 0.0542. The maximum absolute atomic E-state index is 10.9. The van der Waals surface area contributed by atoms with Crippen LogP contribution in [0, 0.1) is 0 Å². The predicted molar refractivity (Wildman–Crippen MR) is 150 cm³/mol. The van der Waals surface area contributed by atoms with Crippen LogP contribution in [0.15, 0.2) is 84.9 Å². The summed E-state index contributed by atoms with van der Waals surface area (Å²) in [6, 6.07) is 24.8. The summed E-state index contributed by atoms with van der Waals surface area (Å²) in [5.41, 5.74) is 6.54. The number of aromatic hydroxyl groups is 1. The summed E-state index contributed by atoms with van der Waals surface area (Å²) in [5.74, 6) is 1.80. The molecule has 188 valence electrons. The van der Waals surface area contributed by atoms with Gasteiger partial charge in [0.15, 0.2) is 16.6 Å². The minimum Gasteiger partial charge on any atom is -0.507 e. The van der Waals surface area contributed by atoms with Crippen LogP contribution in [0.5, 0.6) is 23.0 Å². The summed E-state index contributed by atoms with van der Waals surface area (Å²) in [4.78, 5) is 0. The zero-order chi connectivity index (χ0) is 25.9. The second-order valence-corrected chi connectivity index (χ2v) is 8.82. The van der Waals surface area contributed by atoms with E-state index in [4.69, 9.17) is 26.4 Å². The highest BCUT2D eigenvalue weighted by molar-refractivity contribution is 7.80. The number of para-hydroxylation sites is 1. The van der Waals surface area contributed by atoms with Crippen LogP contribution in [0.3, 0.4) is 0 Å². The Morgan fingerprint density at radius 3 is 2.19 bits per heavy atom. The molecule has 0 aliphatic carbocycles. The van der Waals surface area contributed by atoms with Crippen molar-refractivity contribution in [2.45, 2.75) is 6.04 Å². The maximum atomic E-state index is 10.9. The average molecular weight is 514 g/mol. The first-order valence-corrected chi connectivity index (χ1v) is 12.1. The summed E-state index contributed by atoms with van der Waals surface area (Å²) in [5, 5.41) is 18.6. The molecule has 37 heavy (non-hydrogen) atoms. The Hall–Kier alpha value is -4.43. The fourth-order valence-electron chi connectivity index (χ4n) is 4.54. The molecule has 1 unspecified atom stereocenters. The van der Waals surface area contributed by atoms with E-state index in [9.17, 15) is 5.11 Å². The number of nitrogens with zero attached hydrogens (tertiary/aromatic N) is 1. The van der Waals surface area contributed by atoms with Crippen molar-refractivity contribution in [1.29, 1.82) is 0 Å². The highest BCUT2D eigenvalue weighted by Gasteiger charge is 2.32. The fourth-order valence-corrected chi connectivity index (χ4v) is 4.82. The zero-order valence-corrected chi connectivity index (χ0v) is 21.5. The largest absolute Gasteiger partial charge is 0.507 e. The molecule has 0 saturated heterocycles. The standard InChI is InChI=1S/C29H27N3O4S/c1-34-26-14-13-20(19-11-7-8-12-21(19)26)24-16-23(22-15-27(35-2)28(36-3)17-25(22)33)31-32(24)29(37)30-18-9-5-4-6-10-18/h4-17,24,31,33H,1-3H3,(H,30,37). The highest BCUT2D eigenvalue weighted by Crippen LogP contribution is 2.42. The summed E-state index contributed by atoms with van der Waals surface area (Å²) in [6.45, 7) is 0. The van der Waals surface area contributed by atoms with Crippen LogP contribution in [-0.4, -0.2) is 36.6 Å². The third-order valence-corrected chi connectivity index (χ3v) is 6.63. The Morgan fingerprint density at radius 1 is 0.838 bits per heavy atom. The lowest BCUT2D eigenvalue weighted by molar-refractivity contribution is 0.346. The Labute approximate surface area is 220 Å². The van der Waals surface area contributed by atoms with Crippen LogP contribution < -0.4 is 25.0 Å². The van der Waals surface area contributed by atoms with Crippen molar-refractivity contribution in [2.75, 3.05) is 26.6 Å². The maximum Gasteiger partial charge on any atom is 0.193 e. The van der Waals surface area contributed by atoms with Crippen LogP contribution >= 0.6 is 12.2 Å². The van der Waals surface area contributed by atoms with Crippen LogP contribution in [0.25, 0.3) is 16.5 Å². The van der Waals surface area contributed by atoms with Gasteiger partial charge in [-0.25, -0.2) is 0 Å². The molecule has 1 aliphatic heterocycles. The Kier molecular flexibility index (Phi) is 6.74. The zero-order valence-electron chi connectivity index (χ0n) is 20.7. The van der Waals surface area contributed by atoms with Gasteiger partial charge in [-0.15, -0.1) is 0 Å². The van der Waals surface area contributed by atoms with E-state index in [2.05, 4.69) is 16.8 Å². The summed E-state index contributed by atoms with van der Waals surface area (Å²) in [6.07, 6.45) is 2.04. The number of thiocarbonyl (C=S) groups is 1. The molecule has 5 rings (SSSR count). The fraction of sp³-hybridized carbons (Fsp3) is 0.138. The smallest absolute Gasteiger partial charge is 0.193 e. The molecular formula is C29H27N3O4S. The molecule has 0 aromatic heterocycles. The van der Waals surface area contributed by atoms with Crippen LogP contribution in [0.4, 0.5) is 5.69 Å². The molecule has 1 atom stereocenters. The van der Waals surface area contributed by atoms with E-state index in [1.807, 2.05) is 71.7 Å². The van der Waals surface area contributed by atoms with Crippen molar-refractivity contribution >= 4 is 39.5 Å². The van der Waals surface area contributed by atoms with Gasteiger partial charge in [-0.05, 0) is 53.5 Å². The molecule has 0 bridgehead atoms. The highest BCUT2D eigenvalue weighted by atomic mass is 32.1. The van der Waals surface area contributed by atoms with Gasteiger partial charge in [-0.2, -0.15) is 0 Å². The lowest BCUT2D eigenvalue weighted by atomic mass is 9.97. The first kappa shape index (κ1) is 24.3. The summed E-state index contributed by atoms with van der Waals surface area (Å²) in [7, 11) is 4.76. The number of hydrazine groups is 1. The van der Waals surface area contributed by atoms with Crippen LogP contribution in [0.2, 0.25) is 0 Å². The minimum atomic E-state index is -0.290. The summed E-state index contributed by atoms with van der Waals surface area (Å²) >= 11 is 5.86. The van der Waals surface area contributed by atoms with Gasteiger partial charge in [-0.3, -0.25) is 10.4 Å². The molecule has 0 fully saturated rings. The molecule has 1 aliphatic rings. The molecule has 0 spiro atoms. The van der Waals surface area contributed by atoms with Gasteiger partial charge in [0.2, 0.25) is 0 Å². The first-order chi connectivity index (χ1) is 18.0. The van der Waals surface area contributed by atoms with E-state index < -0.39 is 0 Å². The van der Waals surface area contributed by atoms with E-state index in [1.165, 1.54) is 13.2 Å². The molecule has 4 aromatic carbocycles. The number of hydrogen-bond donors (Lipinski definition) is 3. The Morgan fingerprint density at radius 2 is 1.49 bits per heavy atom. The van der Waals surface area contributed by atoms with Gasteiger partial charge in [0.1, 0.15) is 11.5 Å². The second kappa shape index (κ2) is 10.3. The summed E-state index contributed by atoms with van der Waals surface area (Å²) < 4.78 is 16.4. The number of nitrogens with one attached hydrogen (secondary N) is 2. The normalized spacial score (nSPS) is 14.6. The molecule has 4 aromatic rings. The van der Waals surface area contributed by atoms with Crippen molar-refractivity contribution in [1.82, 2.24) is 10.4 Å². The number of benzene rings is 4. The lowest BCUT2D eigenvalue weighted by Crippen LogP contribution is -2.42. The molecule has 0 amide bonds. The van der Waals surface area contributed by atoms with Crippen molar-refractivity contribution in [3.63, 3.8) is 0 Å². The molecule has 0 radical (unpaired) electrons. The van der Waals surface area contributed by atoms with Crippen LogP contribution in [0.1, 0.15) is 17.2 Å². The molecule has 7 nitrogen and oxygen atoms in total. The van der Waals surface area contributed by atoms with Gasteiger partial charge >= 0.3 is 0 Å². The molecule has 0 saturated carbocycles. The van der Waals surface area contributed by atoms with E-state index in [-0.39, 0.29) is 11.8 Å². The first-order valence-electron chi connectivity index (χ1n) is 11.7. The van der Waals surface area contributed by atoms with Crippen molar-refractivity contribution in [3.05, 3.63) is 96.1 Å². The number of hydrogen-bond acceptors (Lipinski definition) is 6. The number of methoxy groups -OCH3 is 3. The Bertz CT molecular complexity index is 1490. The van der Waals surface area contributed by atoms with Crippen LogP contribution in [-0.2, 0) is 0 Å². The SMILES string of the molecule is COc1cc(O)c(C2=CC(c3ccc(OC)c4ccccc34)N(C(=S)Nc3ccccc3)N2)cc1OC. The van der Waals surface area contributed by atoms with Gasteiger partial charge in [-0.1, -0.05) is 48.5 Å². The number of anilines is 1. The third-order valence-electron chi connectivity index (χ3n) is 6.34. The van der Waals surface area contributed by atoms with E-state index in [0.717, 1.165) is 27.8 Å². The monoisotopic (exact) mass is 513 g/mol. The van der Waals surface area contributed by atoms with E-state index in [0.29, 0.717) is 27.9 Å². The van der Waals surface area contributed by atoms with Crippen molar-refractivity contribution in [3.8, 4) is 23.0 Å². The number of phenolic OH excluding ortho intramolecular Hbond substituents is 1. The third kappa shape index (κ3) is 4.59. The molecular weight excluding hydrogens is 486 g/mol. The quantitative estimate of drug-likeness (QED) is 0.277. The van der Waals surface area contributed by atoms with Gasteiger partial charge in [0.05, 0.1) is 33.1 Å². The predicted octanol–water partition coefficient (Wildman–Crippen LogP) is 5.87. The van der Waals surface area contributed by atoms with E-state index in [1.54, 1.807) is 20.3 Å². The molecule has 8 heteroatoms. The average Bonchev–Trinajstić information content (AvgIpc) is 3.38. The number of fused-ring (bicyclic) bond motifs is 1. The molecule has 3 N–H and O–H groups in total. The number of rotatable bonds is 6. The van der Waals surface area contributed by atoms with Crippen molar-refractivity contribution < 1.29 is 19.3 Å².